The third kappa shape index (κ3) is 4.78. The minimum absolute atomic E-state index is 0.00743. The number of carbonyl (C=O) groups excluding carboxylic acids is 2. The highest BCUT2D eigenvalue weighted by Crippen LogP contribution is 2.41. The molecule has 2 aromatic heterocycles. The first-order valence-electron chi connectivity index (χ1n) is 12.4. The second kappa shape index (κ2) is 9.87. The molecule has 1 aliphatic carbocycles. The number of nitrogen functional groups attached to an aromatic ring is 1. The Balaban J connectivity index is 1.60. The van der Waals surface area contributed by atoms with E-state index in [0.717, 1.165) is 12.8 Å². The van der Waals surface area contributed by atoms with Gasteiger partial charge in [-0.15, -0.1) is 5.10 Å². The molecule has 3 aromatic rings. The van der Waals surface area contributed by atoms with Crippen molar-refractivity contribution in [3.63, 3.8) is 0 Å². The number of benzene rings is 1. The van der Waals surface area contributed by atoms with Gasteiger partial charge in [-0.3, -0.25) is 9.52 Å². The quantitative estimate of drug-likeness (QED) is 0.367. The van der Waals surface area contributed by atoms with Gasteiger partial charge < -0.3 is 20.1 Å². The maximum atomic E-state index is 13.5. The van der Waals surface area contributed by atoms with Gasteiger partial charge >= 0.3 is 5.97 Å². The Labute approximate surface area is 220 Å². The van der Waals surface area contributed by atoms with E-state index in [1.165, 1.54) is 11.6 Å². The molecule has 3 heterocycles. The fraction of sp³-hybridized carbons (Fsp3) is 0.440. The predicted molar refractivity (Wildman–Crippen MR) is 140 cm³/mol. The zero-order valence-electron chi connectivity index (χ0n) is 21.4. The number of amides is 1. The highest BCUT2D eigenvalue weighted by molar-refractivity contribution is 7.92. The van der Waals surface area contributed by atoms with Crippen molar-refractivity contribution in [1.82, 2.24) is 19.5 Å². The molecule has 0 spiro atoms. The van der Waals surface area contributed by atoms with Crippen LogP contribution in [0.25, 0.3) is 16.9 Å². The first-order chi connectivity index (χ1) is 18.1. The maximum absolute atomic E-state index is 13.5. The van der Waals surface area contributed by atoms with E-state index in [4.69, 9.17) is 15.2 Å². The van der Waals surface area contributed by atoms with Gasteiger partial charge in [-0.25, -0.2) is 22.7 Å². The highest BCUT2D eigenvalue weighted by atomic mass is 32.2. The lowest BCUT2D eigenvalue weighted by Crippen LogP contribution is -2.35. The fourth-order valence-corrected chi connectivity index (χ4v) is 5.77. The molecule has 3 N–H and O–H groups in total. The largest absolute Gasteiger partial charge is 0.462 e. The number of sulfonamides is 1. The number of esters is 1. The number of methoxy groups -OCH3 is 1. The molecule has 1 fully saturated rings. The molecule has 2 aliphatic rings. The predicted octanol–water partition coefficient (Wildman–Crippen LogP) is 2.30. The normalized spacial score (nSPS) is 16.1. The van der Waals surface area contributed by atoms with Crippen molar-refractivity contribution in [3.8, 4) is 11.3 Å². The summed E-state index contributed by atoms with van der Waals surface area (Å²) in [7, 11) is -2.38. The topological polar surface area (TPSA) is 158 Å². The van der Waals surface area contributed by atoms with Gasteiger partial charge in [0.05, 0.1) is 35.9 Å². The van der Waals surface area contributed by atoms with Crippen LogP contribution in [-0.2, 0) is 26.0 Å². The van der Waals surface area contributed by atoms with Crippen LogP contribution in [0.15, 0.2) is 24.4 Å². The highest BCUT2D eigenvalue weighted by Gasteiger charge is 2.40. The summed E-state index contributed by atoms with van der Waals surface area (Å²) in [6.07, 6.45) is 3.76. The smallest absolute Gasteiger partial charge is 0.345 e. The number of aromatic nitrogens is 3. The van der Waals surface area contributed by atoms with Crippen LogP contribution in [0.4, 0.5) is 11.5 Å². The Morgan fingerprint density at radius 2 is 2.08 bits per heavy atom. The molecule has 0 saturated heterocycles. The number of rotatable bonds is 10. The summed E-state index contributed by atoms with van der Waals surface area (Å²) >= 11 is 0. The minimum Gasteiger partial charge on any atom is -0.462 e. The van der Waals surface area contributed by atoms with Gasteiger partial charge in [0, 0.05) is 31.5 Å². The van der Waals surface area contributed by atoms with Crippen molar-refractivity contribution >= 4 is 39.1 Å². The fourth-order valence-electron chi connectivity index (χ4n) is 4.79. The standard InChI is InChI=1S/C25H30N6O6S/c1-4-37-25(33)21-22(26)28-31-8-7-18(27-23(21)31)16-11-17-13-30(14(2)15-5-6-15)24(32)20(17)19(12-16)29-38(34,35)10-9-36-3/h7-8,11-12,14-15,29H,4-6,9-10,13H2,1-3H3,(H2,26,28)/t14-/m0/s1. The average Bonchev–Trinajstić information content (AvgIpc) is 3.59. The molecule has 12 nitrogen and oxygen atoms in total. The van der Waals surface area contributed by atoms with Crippen LogP contribution >= 0.6 is 0 Å². The maximum Gasteiger partial charge on any atom is 0.345 e. The van der Waals surface area contributed by atoms with Gasteiger partial charge in [0.15, 0.2) is 11.5 Å². The molecular weight excluding hydrogens is 512 g/mol. The molecule has 202 valence electrons. The molecule has 0 radical (unpaired) electrons. The number of ether oxygens (including phenoxy) is 2. The van der Waals surface area contributed by atoms with E-state index in [9.17, 15) is 18.0 Å². The van der Waals surface area contributed by atoms with Gasteiger partial charge in [-0.05, 0) is 56.4 Å². The zero-order chi connectivity index (χ0) is 27.2. The van der Waals surface area contributed by atoms with Gasteiger partial charge in [0.25, 0.3) is 5.91 Å². The lowest BCUT2D eigenvalue weighted by molar-refractivity contribution is 0.0529. The van der Waals surface area contributed by atoms with Crippen LogP contribution in [0.5, 0.6) is 0 Å². The molecule has 1 aliphatic heterocycles. The number of hydrogen-bond donors (Lipinski definition) is 2. The summed E-state index contributed by atoms with van der Waals surface area (Å²) in [6, 6.07) is 5.16. The number of nitrogens with one attached hydrogen (secondary N) is 1. The van der Waals surface area contributed by atoms with E-state index in [2.05, 4.69) is 14.8 Å². The van der Waals surface area contributed by atoms with Gasteiger partial charge in [0.1, 0.15) is 5.56 Å². The van der Waals surface area contributed by atoms with Crippen LogP contribution in [-0.4, -0.2) is 71.9 Å². The number of fused-ring (bicyclic) bond motifs is 2. The van der Waals surface area contributed by atoms with Crippen molar-refractivity contribution in [2.45, 2.75) is 39.3 Å². The molecule has 1 saturated carbocycles. The van der Waals surface area contributed by atoms with Crippen molar-refractivity contribution < 1.29 is 27.5 Å². The Hall–Kier alpha value is -3.71. The summed E-state index contributed by atoms with van der Waals surface area (Å²) in [5.41, 5.74) is 8.46. The molecule has 13 heteroatoms. The third-order valence-corrected chi connectivity index (χ3v) is 8.18. The first kappa shape index (κ1) is 25.9. The second-order valence-electron chi connectivity index (χ2n) is 9.54. The third-order valence-electron chi connectivity index (χ3n) is 6.94. The van der Waals surface area contributed by atoms with Gasteiger partial charge in [-0.2, -0.15) is 0 Å². The molecule has 1 atom stereocenters. The minimum atomic E-state index is -3.80. The van der Waals surface area contributed by atoms with E-state index in [-0.39, 0.29) is 53.6 Å². The summed E-state index contributed by atoms with van der Waals surface area (Å²) < 4.78 is 39.6. The monoisotopic (exact) mass is 542 g/mol. The van der Waals surface area contributed by atoms with E-state index >= 15 is 0 Å². The van der Waals surface area contributed by atoms with Gasteiger partial charge in [0.2, 0.25) is 10.0 Å². The number of nitrogens with two attached hydrogens (primary N) is 1. The van der Waals surface area contributed by atoms with E-state index in [1.54, 1.807) is 30.2 Å². The second-order valence-corrected chi connectivity index (χ2v) is 11.4. The molecule has 38 heavy (non-hydrogen) atoms. The number of anilines is 2. The SMILES string of the molecule is CCOC(=O)c1c(N)nn2ccc(-c3cc4c(c(NS(=O)(=O)CCOC)c3)C(=O)N([C@@H](C)C3CC3)C4)nc12. The Bertz CT molecular complexity index is 1530. The van der Waals surface area contributed by atoms with Crippen molar-refractivity contribution in [2.75, 3.05) is 36.5 Å². The average molecular weight is 543 g/mol. The first-order valence-corrected chi connectivity index (χ1v) is 14.1. The van der Waals surface area contributed by atoms with E-state index < -0.39 is 16.0 Å². The van der Waals surface area contributed by atoms with Crippen LogP contribution in [0.1, 0.15) is 53.0 Å². The summed E-state index contributed by atoms with van der Waals surface area (Å²) in [4.78, 5) is 32.4. The lowest BCUT2D eigenvalue weighted by atomic mass is 10.0. The summed E-state index contributed by atoms with van der Waals surface area (Å²) in [5.74, 6) is -0.662. The molecule has 5 rings (SSSR count). The van der Waals surface area contributed by atoms with E-state index in [0.29, 0.717) is 34.8 Å². The van der Waals surface area contributed by atoms with Crippen LogP contribution < -0.4 is 10.5 Å². The number of carbonyl (C=O) groups is 2. The molecule has 1 aromatic carbocycles. The molecule has 0 bridgehead atoms. The zero-order valence-corrected chi connectivity index (χ0v) is 22.2. The molecule has 0 unspecified atom stereocenters. The number of nitrogens with zero attached hydrogens (tertiary/aromatic N) is 4. The van der Waals surface area contributed by atoms with Gasteiger partial charge in [-0.1, -0.05) is 0 Å². The Kier molecular flexibility index (Phi) is 6.73. The van der Waals surface area contributed by atoms with Crippen molar-refractivity contribution in [2.24, 2.45) is 5.92 Å². The van der Waals surface area contributed by atoms with Crippen LogP contribution in [0, 0.1) is 5.92 Å². The Morgan fingerprint density at radius 3 is 2.76 bits per heavy atom. The van der Waals surface area contributed by atoms with Crippen LogP contribution in [0.2, 0.25) is 0 Å². The molecule has 1 amide bonds. The van der Waals surface area contributed by atoms with Crippen molar-refractivity contribution in [3.05, 3.63) is 41.1 Å². The number of hydrogen-bond acceptors (Lipinski definition) is 9. The summed E-state index contributed by atoms with van der Waals surface area (Å²) in [6.45, 7) is 4.25. The lowest BCUT2D eigenvalue weighted by Gasteiger charge is -2.24. The summed E-state index contributed by atoms with van der Waals surface area (Å²) in [5, 5.41) is 4.14. The Morgan fingerprint density at radius 1 is 1.32 bits per heavy atom. The molecular formula is C25H30N6O6S. The van der Waals surface area contributed by atoms with E-state index in [1.807, 2.05) is 13.0 Å². The van der Waals surface area contributed by atoms with Crippen molar-refractivity contribution in [1.29, 1.82) is 0 Å². The van der Waals surface area contributed by atoms with Crippen LogP contribution in [0.3, 0.4) is 0 Å².